The molecule has 0 amide bonds. The third-order valence-corrected chi connectivity index (χ3v) is 2.54. The predicted octanol–water partition coefficient (Wildman–Crippen LogP) is 2.28. The van der Waals surface area contributed by atoms with Crippen LogP contribution in [0.4, 0.5) is 0 Å². The van der Waals surface area contributed by atoms with Crippen LogP contribution in [-0.2, 0) is 0 Å². The molecule has 18 heavy (non-hydrogen) atoms. The van der Waals surface area contributed by atoms with E-state index in [0.29, 0.717) is 12.3 Å². The first-order valence-electron chi connectivity index (χ1n) is 5.64. The van der Waals surface area contributed by atoms with Gasteiger partial charge in [0.05, 0.1) is 18.0 Å². The molecule has 1 N–H and O–H groups in total. The van der Waals surface area contributed by atoms with Crippen molar-refractivity contribution in [1.29, 1.82) is 0 Å². The summed E-state index contributed by atoms with van der Waals surface area (Å²) in [6, 6.07) is 7.33. The molecule has 0 saturated carbocycles. The molecule has 0 fully saturated rings. The largest absolute Gasteiger partial charge is 0.494 e. The average molecular weight is 246 g/mol. The van der Waals surface area contributed by atoms with Gasteiger partial charge in [0.1, 0.15) is 11.3 Å². The van der Waals surface area contributed by atoms with E-state index in [-0.39, 0.29) is 5.56 Å². The Hall–Kier alpha value is -2.30. The SMILES string of the molecule is CCOc1ccc(-n2cc(C(=O)O)c(C)n2)cc1. The van der Waals surface area contributed by atoms with Gasteiger partial charge in [-0.15, -0.1) is 0 Å². The molecule has 94 valence electrons. The standard InChI is InChI=1S/C13H14N2O3/c1-3-18-11-6-4-10(5-7-11)15-8-12(13(16)17)9(2)14-15/h4-8H,3H2,1-2H3,(H,16,17). The second-order valence-electron chi connectivity index (χ2n) is 3.80. The number of hydrogen-bond donors (Lipinski definition) is 1. The number of aromatic carboxylic acids is 1. The van der Waals surface area contributed by atoms with E-state index in [2.05, 4.69) is 5.10 Å². The fourth-order valence-corrected chi connectivity index (χ4v) is 1.66. The van der Waals surface area contributed by atoms with Gasteiger partial charge in [-0.2, -0.15) is 5.10 Å². The molecule has 0 bridgehead atoms. The highest BCUT2D eigenvalue weighted by molar-refractivity contribution is 5.88. The van der Waals surface area contributed by atoms with Crippen LogP contribution in [0.2, 0.25) is 0 Å². The monoisotopic (exact) mass is 246 g/mol. The summed E-state index contributed by atoms with van der Waals surface area (Å²) in [5, 5.41) is 13.1. The van der Waals surface area contributed by atoms with Gasteiger partial charge < -0.3 is 9.84 Å². The number of carboxylic acids is 1. The molecule has 0 aliphatic heterocycles. The zero-order valence-corrected chi connectivity index (χ0v) is 10.3. The molecular formula is C13H14N2O3. The molecule has 0 radical (unpaired) electrons. The third-order valence-electron chi connectivity index (χ3n) is 2.54. The van der Waals surface area contributed by atoms with Crippen molar-refractivity contribution in [3.8, 4) is 11.4 Å². The molecule has 2 aromatic rings. The molecule has 1 aromatic heterocycles. The van der Waals surface area contributed by atoms with Gasteiger partial charge in [-0.05, 0) is 38.1 Å². The maximum Gasteiger partial charge on any atom is 0.339 e. The Kier molecular flexibility index (Phi) is 3.32. The van der Waals surface area contributed by atoms with Gasteiger partial charge in [-0.25, -0.2) is 9.48 Å². The summed E-state index contributed by atoms with van der Waals surface area (Å²) in [7, 11) is 0. The van der Waals surface area contributed by atoms with E-state index >= 15 is 0 Å². The van der Waals surface area contributed by atoms with Crippen molar-refractivity contribution < 1.29 is 14.6 Å². The second-order valence-corrected chi connectivity index (χ2v) is 3.80. The fraction of sp³-hybridized carbons (Fsp3) is 0.231. The number of aryl methyl sites for hydroxylation is 1. The molecule has 0 saturated heterocycles. The van der Waals surface area contributed by atoms with Gasteiger partial charge in [-0.3, -0.25) is 0 Å². The second kappa shape index (κ2) is 4.91. The van der Waals surface area contributed by atoms with Crippen molar-refractivity contribution in [3.63, 3.8) is 0 Å². The fourth-order valence-electron chi connectivity index (χ4n) is 1.66. The molecule has 0 atom stereocenters. The summed E-state index contributed by atoms with van der Waals surface area (Å²) in [4.78, 5) is 10.9. The Bertz CT molecular complexity index is 558. The van der Waals surface area contributed by atoms with Crippen molar-refractivity contribution >= 4 is 5.97 Å². The van der Waals surface area contributed by atoms with E-state index in [1.165, 1.54) is 6.20 Å². The van der Waals surface area contributed by atoms with E-state index in [9.17, 15) is 4.79 Å². The van der Waals surface area contributed by atoms with E-state index in [1.807, 2.05) is 31.2 Å². The Labute approximate surface area is 105 Å². The third kappa shape index (κ3) is 2.34. The Morgan fingerprint density at radius 2 is 2.06 bits per heavy atom. The number of benzene rings is 1. The first kappa shape index (κ1) is 12.2. The maximum absolute atomic E-state index is 10.9. The quantitative estimate of drug-likeness (QED) is 0.898. The van der Waals surface area contributed by atoms with Crippen LogP contribution in [0.25, 0.3) is 5.69 Å². The normalized spacial score (nSPS) is 10.3. The van der Waals surface area contributed by atoms with Crippen LogP contribution in [0.5, 0.6) is 5.75 Å². The van der Waals surface area contributed by atoms with Crippen molar-refractivity contribution in [1.82, 2.24) is 9.78 Å². The number of nitrogens with zero attached hydrogens (tertiary/aromatic N) is 2. The lowest BCUT2D eigenvalue weighted by molar-refractivity contribution is 0.0696. The molecule has 2 rings (SSSR count). The smallest absolute Gasteiger partial charge is 0.339 e. The summed E-state index contributed by atoms with van der Waals surface area (Å²) >= 11 is 0. The number of hydrogen-bond acceptors (Lipinski definition) is 3. The van der Waals surface area contributed by atoms with Gasteiger partial charge in [0.15, 0.2) is 0 Å². The Morgan fingerprint density at radius 3 is 2.56 bits per heavy atom. The minimum Gasteiger partial charge on any atom is -0.494 e. The highest BCUT2D eigenvalue weighted by atomic mass is 16.5. The van der Waals surface area contributed by atoms with Crippen molar-refractivity contribution in [2.24, 2.45) is 0 Å². The van der Waals surface area contributed by atoms with Crippen molar-refractivity contribution in [3.05, 3.63) is 41.7 Å². The summed E-state index contributed by atoms with van der Waals surface area (Å²) in [5.41, 5.74) is 1.51. The lowest BCUT2D eigenvalue weighted by Crippen LogP contribution is -1.96. The number of ether oxygens (including phenoxy) is 1. The van der Waals surface area contributed by atoms with Gasteiger partial charge in [0.2, 0.25) is 0 Å². The van der Waals surface area contributed by atoms with E-state index in [0.717, 1.165) is 11.4 Å². The summed E-state index contributed by atoms with van der Waals surface area (Å²) in [6.45, 7) is 4.21. The van der Waals surface area contributed by atoms with E-state index < -0.39 is 5.97 Å². The number of carboxylic acid groups (broad SMARTS) is 1. The molecule has 1 heterocycles. The molecule has 0 aliphatic rings. The maximum atomic E-state index is 10.9. The molecular weight excluding hydrogens is 232 g/mol. The van der Waals surface area contributed by atoms with Crippen LogP contribution in [0.1, 0.15) is 23.0 Å². The first-order valence-corrected chi connectivity index (χ1v) is 5.64. The summed E-state index contributed by atoms with van der Waals surface area (Å²) < 4.78 is 6.89. The van der Waals surface area contributed by atoms with Crippen molar-refractivity contribution in [2.45, 2.75) is 13.8 Å². The minimum atomic E-state index is -0.968. The topological polar surface area (TPSA) is 64.3 Å². The van der Waals surface area contributed by atoms with Crippen LogP contribution < -0.4 is 4.74 Å². The molecule has 0 spiro atoms. The number of carbonyl (C=O) groups is 1. The van der Waals surface area contributed by atoms with Gasteiger partial charge in [0, 0.05) is 6.20 Å². The van der Waals surface area contributed by atoms with Gasteiger partial charge in [0.25, 0.3) is 0 Å². The number of aromatic nitrogens is 2. The van der Waals surface area contributed by atoms with Crippen molar-refractivity contribution in [2.75, 3.05) is 6.61 Å². The Morgan fingerprint density at radius 1 is 1.39 bits per heavy atom. The minimum absolute atomic E-state index is 0.212. The van der Waals surface area contributed by atoms with E-state index in [1.54, 1.807) is 11.6 Å². The predicted molar refractivity (Wildman–Crippen MR) is 66.4 cm³/mol. The van der Waals surface area contributed by atoms with Crippen LogP contribution in [-0.4, -0.2) is 27.5 Å². The highest BCUT2D eigenvalue weighted by Gasteiger charge is 2.12. The molecule has 5 nitrogen and oxygen atoms in total. The van der Waals surface area contributed by atoms with Gasteiger partial charge in [-0.1, -0.05) is 0 Å². The average Bonchev–Trinajstić information content (AvgIpc) is 2.73. The van der Waals surface area contributed by atoms with E-state index in [4.69, 9.17) is 9.84 Å². The van der Waals surface area contributed by atoms with Gasteiger partial charge >= 0.3 is 5.97 Å². The zero-order valence-electron chi connectivity index (χ0n) is 10.3. The molecule has 0 unspecified atom stereocenters. The zero-order chi connectivity index (χ0) is 13.1. The van der Waals surface area contributed by atoms with Crippen LogP contribution >= 0.6 is 0 Å². The highest BCUT2D eigenvalue weighted by Crippen LogP contribution is 2.16. The number of rotatable bonds is 4. The van der Waals surface area contributed by atoms with Crippen LogP contribution in [0.15, 0.2) is 30.5 Å². The summed E-state index contributed by atoms with van der Waals surface area (Å²) in [5.74, 6) is -0.187. The first-order chi connectivity index (χ1) is 8.61. The Balaban J connectivity index is 2.31. The van der Waals surface area contributed by atoms with Crippen LogP contribution in [0.3, 0.4) is 0 Å². The lowest BCUT2D eigenvalue weighted by atomic mass is 10.3. The summed E-state index contributed by atoms with van der Waals surface area (Å²) in [6.07, 6.45) is 1.51. The molecule has 1 aromatic carbocycles. The molecule has 0 aliphatic carbocycles. The lowest BCUT2D eigenvalue weighted by Gasteiger charge is -2.04. The molecule has 5 heteroatoms. The van der Waals surface area contributed by atoms with Crippen LogP contribution in [0, 0.1) is 6.92 Å².